The maximum absolute atomic E-state index is 12.2. The standard InChI is InChI=1S/C11H20O4S/c1-3-4-5-10(11(12)13)16(14)9-6-7-15-8(9)2/h8-10H,3-7H2,1-2H3,(H,12,13). The third-order valence-electron chi connectivity index (χ3n) is 2.98. The van der Waals surface area contributed by atoms with E-state index in [2.05, 4.69) is 0 Å². The van der Waals surface area contributed by atoms with E-state index in [4.69, 9.17) is 9.84 Å². The Balaban J connectivity index is 2.62. The summed E-state index contributed by atoms with van der Waals surface area (Å²) in [5.74, 6) is -0.939. The van der Waals surface area contributed by atoms with E-state index in [1.165, 1.54) is 0 Å². The second-order valence-electron chi connectivity index (χ2n) is 4.20. The molecule has 0 amide bonds. The molecule has 4 unspecified atom stereocenters. The van der Waals surface area contributed by atoms with E-state index >= 15 is 0 Å². The maximum atomic E-state index is 12.2. The molecule has 4 atom stereocenters. The molecule has 0 aromatic carbocycles. The average molecular weight is 248 g/mol. The molecule has 1 aliphatic heterocycles. The van der Waals surface area contributed by atoms with Gasteiger partial charge in [-0.05, 0) is 19.8 Å². The van der Waals surface area contributed by atoms with Gasteiger partial charge in [0.25, 0.3) is 0 Å². The minimum atomic E-state index is -1.32. The normalized spacial score (nSPS) is 28.9. The lowest BCUT2D eigenvalue weighted by molar-refractivity contribution is -0.136. The van der Waals surface area contributed by atoms with Crippen LogP contribution in [0.5, 0.6) is 0 Å². The molecule has 1 aliphatic rings. The SMILES string of the molecule is CCCCC(C(=O)O)S(=O)C1CCOC1C. The highest BCUT2D eigenvalue weighted by molar-refractivity contribution is 7.87. The number of carbonyl (C=O) groups is 1. The molecule has 0 aromatic heterocycles. The zero-order chi connectivity index (χ0) is 12.1. The van der Waals surface area contributed by atoms with Crippen LogP contribution in [-0.4, -0.2) is 38.5 Å². The van der Waals surface area contributed by atoms with E-state index in [1.807, 2.05) is 13.8 Å². The molecule has 1 saturated heterocycles. The Hall–Kier alpha value is -0.420. The fourth-order valence-electron chi connectivity index (χ4n) is 1.96. The number of carboxylic acid groups (broad SMARTS) is 1. The summed E-state index contributed by atoms with van der Waals surface area (Å²) in [5.41, 5.74) is 0. The van der Waals surface area contributed by atoms with Gasteiger partial charge < -0.3 is 9.84 Å². The maximum Gasteiger partial charge on any atom is 0.319 e. The minimum absolute atomic E-state index is 0.0793. The number of rotatable bonds is 6. The lowest BCUT2D eigenvalue weighted by atomic mass is 10.2. The summed E-state index contributed by atoms with van der Waals surface area (Å²) in [7, 11) is -1.32. The van der Waals surface area contributed by atoms with Crippen LogP contribution in [0.1, 0.15) is 39.5 Å². The Bertz CT molecular complexity index is 267. The fourth-order valence-corrected chi connectivity index (χ4v) is 3.76. The zero-order valence-electron chi connectivity index (χ0n) is 9.85. The van der Waals surface area contributed by atoms with Crippen LogP contribution < -0.4 is 0 Å². The molecule has 1 rings (SSSR count). The molecule has 0 aliphatic carbocycles. The summed E-state index contributed by atoms with van der Waals surface area (Å²) in [6.45, 7) is 4.47. The predicted octanol–water partition coefficient (Wildman–Crippen LogP) is 1.56. The van der Waals surface area contributed by atoms with Crippen LogP contribution in [0.2, 0.25) is 0 Å². The van der Waals surface area contributed by atoms with E-state index in [-0.39, 0.29) is 11.4 Å². The van der Waals surface area contributed by atoms with E-state index in [0.717, 1.165) is 12.8 Å². The van der Waals surface area contributed by atoms with E-state index in [0.29, 0.717) is 19.4 Å². The third kappa shape index (κ3) is 3.28. The van der Waals surface area contributed by atoms with Crippen molar-refractivity contribution in [3.8, 4) is 0 Å². The molecule has 16 heavy (non-hydrogen) atoms. The van der Waals surface area contributed by atoms with Gasteiger partial charge in [0.15, 0.2) is 0 Å². The van der Waals surface area contributed by atoms with Crippen LogP contribution in [0.4, 0.5) is 0 Å². The van der Waals surface area contributed by atoms with E-state index < -0.39 is 22.0 Å². The number of carboxylic acids is 1. The van der Waals surface area contributed by atoms with Crippen LogP contribution in [0, 0.1) is 0 Å². The molecule has 0 radical (unpaired) electrons. The first-order valence-electron chi connectivity index (χ1n) is 5.81. The first-order valence-corrected chi connectivity index (χ1v) is 7.09. The molecule has 0 bridgehead atoms. The van der Waals surface area contributed by atoms with Crippen LogP contribution in [0.3, 0.4) is 0 Å². The van der Waals surface area contributed by atoms with Gasteiger partial charge in [-0.2, -0.15) is 0 Å². The first kappa shape index (κ1) is 13.6. The molecular weight excluding hydrogens is 228 g/mol. The quantitative estimate of drug-likeness (QED) is 0.774. The van der Waals surface area contributed by atoms with Crippen molar-refractivity contribution in [2.45, 2.75) is 56.1 Å². The third-order valence-corrected chi connectivity index (χ3v) is 5.19. The number of aliphatic carboxylic acids is 1. The first-order chi connectivity index (χ1) is 7.57. The zero-order valence-corrected chi connectivity index (χ0v) is 10.7. The highest BCUT2D eigenvalue weighted by Crippen LogP contribution is 2.23. The van der Waals surface area contributed by atoms with Crippen molar-refractivity contribution in [2.24, 2.45) is 0 Å². The Morgan fingerprint density at radius 1 is 1.62 bits per heavy atom. The van der Waals surface area contributed by atoms with Crippen molar-refractivity contribution in [1.29, 1.82) is 0 Å². The molecule has 0 spiro atoms. The highest BCUT2D eigenvalue weighted by atomic mass is 32.2. The smallest absolute Gasteiger partial charge is 0.319 e. The summed E-state index contributed by atoms with van der Waals surface area (Å²) in [4.78, 5) is 11.1. The van der Waals surface area contributed by atoms with E-state index in [1.54, 1.807) is 0 Å². The van der Waals surface area contributed by atoms with Gasteiger partial charge in [-0.1, -0.05) is 19.8 Å². The highest BCUT2D eigenvalue weighted by Gasteiger charge is 2.36. The summed E-state index contributed by atoms with van der Waals surface area (Å²) in [6, 6.07) is 0. The van der Waals surface area contributed by atoms with Gasteiger partial charge in [-0.3, -0.25) is 9.00 Å². The number of hydrogen-bond donors (Lipinski definition) is 1. The molecule has 1 fully saturated rings. The molecule has 5 heteroatoms. The van der Waals surface area contributed by atoms with Gasteiger partial charge in [0.2, 0.25) is 0 Å². The molecule has 0 aromatic rings. The molecule has 4 nitrogen and oxygen atoms in total. The van der Waals surface area contributed by atoms with Gasteiger partial charge in [-0.25, -0.2) is 0 Å². The van der Waals surface area contributed by atoms with Crippen molar-refractivity contribution in [1.82, 2.24) is 0 Å². The van der Waals surface area contributed by atoms with Gasteiger partial charge in [0.1, 0.15) is 5.25 Å². The summed E-state index contributed by atoms with van der Waals surface area (Å²) in [6.07, 6.45) is 2.87. The Labute approximate surface area is 98.8 Å². The Morgan fingerprint density at radius 2 is 2.31 bits per heavy atom. The summed E-state index contributed by atoms with van der Waals surface area (Å²) >= 11 is 0. The molecule has 94 valence electrons. The molecule has 1 heterocycles. The second kappa shape index (κ2) is 6.35. The number of ether oxygens (including phenoxy) is 1. The van der Waals surface area contributed by atoms with Gasteiger partial charge in [-0.15, -0.1) is 0 Å². The van der Waals surface area contributed by atoms with Crippen molar-refractivity contribution >= 4 is 16.8 Å². The van der Waals surface area contributed by atoms with Crippen molar-refractivity contribution < 1.29 is 18.8 Å². The summed E-state index contributed by atoms with van der Waals surface area (Å²) in [5, 5.41) is 8.24. The van der Waals surface area contributed by atoms with Gasteiger partial charge in [0.05, 0.1) is 11.4 Å². The molecular formula is C11H20O4S. The largest absolute Gasteiger partial charge is 0.480 e. The van der Waals surface area contributed by atoms with Crippen molar-refractivity contribution in [2.75, 3.05) is 6.61 Å². The van der Waals surface area contributed by atoms with Crippen LogP contribution in [0.25, 0.3) is 0 Å². The fraction of sp³-hybridized carbons (Fsp3) is 0.909. The van der Waals surface area contributed by atoms with Crippen molar-refractivity contribution in [3.63, 3.8) is 0 Å². The van der Waals surface area contributed by atoms with Crippen LogP contribution in [0.15, 0.2) is 0 Å². The average Bonchev–Trinajstić information content (AvgIpc) is 2.64. The van der Waals surface area contributed by atoms with Gasteiger partial charge in [0, 0.05) is 17.4 Å². The summed E-state index contributed by atoms with van der Waals surface area (Å²) < 4.78 is 17.5. The van der Waals surface area contributed by atoms with Crippen molar-refractivity contribution in [3.05, 3.63) is 0 Å². The monoisotopic (exact) mass is 248 g/mol. The van der Waals surface area contributed by atoms with Crippen LogP contribution >= 0.6 is 0 Å². The second-order valence-corrected chi connectivity index (χ2v) is 6.03. The molecule has 1 N–H and O–H groups in total. The number of unbranched alkanes of at least 4 members (excludes halogenated alkanes) is 1. The van der Waals surface area contributed by atoms with Gasteiger partial charge >= 0.3 is 5.97 Å². The van der Waals surface area contributed by atoms with Crippen LogP contribution in [-0.2, 0) is 20.3 Å². The minimum Gasteiger partial charge on any atom is -0.480 e. The Morgan fingerprint density at radius 3 is 2.75 bits per heavy atom. The van der Waals surface area contributed by atoms with E-state index in [9.17, 15) is 9.00 Å². The molecule has 0 saturated carbocycles. The lowest BCUT2D eigenvalue weighted by Gasteiger charge is -2.19. The Kier molecular flexibility index (Phi) is 5.41. The number of hydrogen-bond acceptors (Lipinski definition) is 3. The topological polar surface area (TPSA) is 63.6 Å². The lowest BCUT2D eigenvalue weighted by Crippen LogP contribution is -2.35. The predicted molar refractivity (Wildman–Crippen MR) is 62.9 cm³/mol.